The van der Waals surface area contributed by atoms with Crippen LogP contribution in [0.25, 0.3) is 0 Å². The molecule has 4 nitrogen and oxygen atoms in total. The van der Waals surface area contributed by atoms with Gasteiger partial charge < -0.3 is 5.32 Å². The molecule has 0 saturated heterocycles. The minimum absolute atomic E-state index is 0. The van der Waals surface area contributed by atoms with Gasteiger partial charge in [0.1, 0.15) is 16.5 Å². The Kier molecular flexibility index (Phi) is 6.85. The van der Waals surface area contributed by atoms with E-state index >= 15 is 0 Å². The quantitative estimate of drug-likeness (QED) is 0.867. The molecule has 1 unspecified atom stereocenters. The van der Waals surface area contributed by atoms with Gasteiger partial charge in [0.15, 0.2) is 0 Å². The summed E-state index contributed by atoms with van der Waals surface area (Å²) in [6.45, 7) is 3.27. The number of rotatable bonds is 5. The Morgan fingerprint density at radius 1 is 1.26 bits per heavy atom. The predicted molar refractivity (Wildman–Crippen MR) is 72.1 cm³/mol. The molecular weight excluding hydrogens is 298 g/mol. The number of benzene rings is 1. The summed E-state index contributed by atoms with van der Waals surface area (Å²) in [5.74, 6) is -1.86. The molecule has 2 N–H and O–H groups in total. The second kappa shape index (κ2) is 7.14. The van der Waals surface area contributed by atoms with Crippen LogP contribution in [-0.2, 0) is 10.0 Å². The molecule has 0 bridgehead atoms. The number of sulfonamides is 1. The highest BCUT2D eigenvalue weighted by Crippen LogP contribution is 2.18. The van der Waals surface area contributed by atoms with Gasteiger partial charge in [-0.05, 0) is 32.5 Å². The van der Waals surface area contributed by atoms with Crippen LogP contribution < -0.4 is 10.0 Å². The van der Waals surface area contributed by atoms with E-state index in [4.69, 9.17) is 0 Å². The van der Waals surface area contributed by atoms with Crippen LogP contribution in [0.15, 0.2) is 17.0 Å². The van der Waals surface area contributed by atoms with Gasteiger partial charge in [-0.3, -0.25) is 0 Å². The highest BCUT2D eigenvalue weighted by atomic mass is 35.5. The van der Waals surface area contributed by atoms with Gasteiger partial charge in [0.25, 0.3) is 0 Å². The van der Waals surface area contributed by atoms with Crippen molar-refractivity contribution in [3.8, 4) is 0 Å². The van der Waals surface area contributed by atoms with Crippen LogP contribution in [0.4, 0.5) is 8.78 Å². The monoisotopic (exact) mass is 314 g/mol. The number of nitrogens with one attached hydrogen (secondary N) is 2. The summed E-state index contributed by atoms with van der Waals surface area (Å²) in [7, 11) is -2.28. The first-order valence-electron chi connectivity index (χ1n) is 5.40. The lowest BCUT2D eigenvalue weighted by Crippen LogP contribution is -2.37. The molecule has 0 spiro atoms. The van der Waals surface area contributed by atoms with Crippen molar-refractivity contribution < 1.29 is 17.2 Å². The first-order chi connectivity index (χ1) is 8.27. The largest absolute Gasteiger partial charge is 0.316 e. The van der Waals surface area contributed by atoms with Crippen molar-refractivity contribution in [3.63, 3.8) is 0 Å². The van der Waals surface area contributed by atoms with Crippen LogP contribution in [0.2, 0.25) is 0 Å². The molecule has 1 aromatic rings. The Balaban J connectivity index is 0.00000324. The third-order valence-electron chi connectivity index (χ3n) is 2.58. The van der Waals surface area contributed by atoms with Gasteiger partial charge in [0, 0.05) is 18.7 Å². The average Bonchev–Trinajstić information content (AvgIpc) is 2.30. The first-order valence-corrected chi connectivity index (χ1v) is 6.89. The normalized spacial score (nSPS) is 12.9. The van der Waals surface area contributed by atoms with E-state index in [9.17, 15) is 17.2 Å². The topological polar surface area (TPSA) is 58.2 Å². The van der Waals surface area contributed by atoms with E-state index in [2.05, 4.69) is 10.0 Å². The van der Waals surface area contributed by atoms with Gasteiger partial charge in [-0.2, -0.15) is 0 Å². The van der Waals surface area contributed by atoms with Crippen LogP contribution in [0, 0.1) is 18.6 Å². The molecule has 8 heteroatoms. The summed E-state index contributed by atoms with van der Waals surface area (Å²) in [5, 5.41) is 2.84. The molecule has 0 aliphatic rings. The standard InChI is InChI=1S/C11H16F2N2O2S.ClH/c1-7-4-11(10(13)5-9(7)12)18(16,17)15-6-8(2)14-3;/h4-5,8,14-15H,6H2,1-3H3;1H. The summed E-state index contributed by atoms with van der Waals surface area (Å²) in [6, 6.07) is 1.46. The lowest BCUT2D eigenvalue weighted by molar-refractivity contribution is 0.531. The highest BCUT2D eigenvalue weighted by Gasteiger charge is 2.21. The minimum Gasteiger partial charge on any atom is -0.316 e. The van der Waals surface area contributed by atoms with Crippen molar-refractivity contribution in [3.05, 3.63) is 29.3 Å². The summed E-state index contributed by atoms with van der Waals surface area (Å²) >= 11 is 0. The lowest BCUT2D eigenvalue weighted by atomic mass is 10.2. The highest BCUT2D eigenvalue weighted by molar-refractivity contribution is 7.89. The van der Waals surface area contributed by atoms with E-state index < -0.39 is 26.6 Å². The molecule has 0 heterocycles. The molecule has 19 heavy (non-hydrogen) atoms. The summed E-state index contributed by atoms with van der Waals surface area (Å²) < 4.78 is 52.4. The smallest absolute Gasteiger partial charge is 0.243 e. The van der Waals surface area contributed by atoms with Crippen LogP contribution in [0.1, 0.15) is 12.5 Å². The fourth-order valence-corrected chi connectivity index (χ4v) is 2.52. The zero-order valence-corrected chi connectivity index (χ0v) is 12.5. The number of aryl methyl sites for hydroxylation is 1. The summed E-state index contributed by atoms with van der Waals surface area (Å²) in [4.78, 5) is -0.537. The Morgan fingerprint density at radius 3 is 2.37 bits per heavy atom. The SMILES string of the molecule is CNC(C)CNS(=O)(=O)c1cc(C)c(F)cc1F.Cl. The Labute approximate surface area is 118 Å². The van der Waals surface area contributed by atoms with Gasteiger partial charge in [0.05, 0.1) is 0 Å². The van der Waals surface area contributed by atoms with Crippen molar-refractivity contribution in [1.82, 2.24) is 10.0 Å². The Morgan fingerprint density at radius 2 is 1.84 bits per heavy atom. The van der Waals surface area contributed by atoms with Crippen LogP contribution in [0.3, 0.4) is 0 Å². The molecule has 0 aliphatic carbocycles. The first kappa shape index (κ1) is 18.2. The van der Waals surface area contributed by atoms with E-state index in [1.54, 1.807) is 14.0 Å². The van der Waals surface area contributed by atoms with Gasteiger partial charge in [-0.25, -0.2) is 21.9 Å². The molecule has 0 aromatic heterocycles. The fourth-order valence-electron chi connectivity index (χ4n) is 1.25. The molecule has 0 amide bonds. The number of halogens is 3. The fraction of sp³-hybridized carbons (Fsp3) is 0.455. The van der Waals surface area contributed by atoms with Crippen molar-refractivity contribution in [2.24, 2.45) is 0 Å². The van der Waals surface area contributed by atoms with E-state index in [0.717, 1.165) is 6.07 Å². The van der Waals surface area contributed by atoms with Crippen molar-refractivity contribution in [2.75, 3.05) is 13.6 Å². The molecular formula is C11H17ClF2N2O2S. The van der Waals surface area contributed by atoms with Crippen LogP contribution in [0.5, 0.6) is 0 Å². The van der Waals surface area contributed by atoms with Crippen LogP contribution >= 0.6 is 12.4 Å². The van der Waals surface area contributed by atoms with E-state index in [-0.39, 0.29) is 30.6 Å². The van der Waals surface area contributed by atoms with Gasteiger partial charge in [0.2, 0.25) is 10.0 Å². The minimum atomic E-state index is -3.97. The molecule has 0 saturated carbocycles. The lowest BCUT2D eigenvalue weighted by Gasteiger charge is -2.13. The molecule has 0 radical (unpaired) electrons. The molecule has 0 fully saturated rings. The summed E-state index contributed by atoms with van der Waals surface area (Å²) in [6.07, 6.45) is 0. The van der Waals surface area contributed by atoms with E-state index in [1.807, 2.05) is 0 Å². The van der Waals surface area contributed by atoms with Crippen molar-refractivity contribution in [1.29, 1.82) is 0 Å². The zero-order chi connectivity index (χ0) is 13.9. The van der Waals surface area contributed by atoms with Gasteiger partial charge >= 0.3 is 0 Å². The Bertz CT molecular complexity index is 538. The number of likely N-dealkylation sites (N-methyl/N-ethyl adjacent to an activating group) is 1. The van der Waals surface area contributed by atoms with Gasteiger partial charge in [-0.15, -0.1) is 12.4 Å². The Hall–Kier alpha value is -0.760. The third-order valence-corrected chi connectivity index (χ3v) is 4.01. The van der Waals surface area contributed by atoms with Crippen molar-refractivity contribution in [2.45, 2.75) is 24.8 Å². The maximum Gasteiger partial charge on any atom is 0.243 e. The second-order valence-electron chi connectivity index (χ2n) is 4.07. The maximum atomic E-state index is 13.5. The predicted octanol–water partition coefficient (Wildman–Crippen LogP) is 1.58. The molecule has 110 valence electrons. The second-order valence-corrected chi connectivity index (χ2v) is 5.81. The number of hydrogen-bond acceptors (Lipinski definition) is 3. The van der Waals surface area contributed by atoms with Crippen LogP contribution in [-0.4, -0.2) is 28.1 Å². The zero-order valence-electron chi connectivity index (χ0n) is 10.8. The number of hydrogen-bond donors (Lipinski definition) is 2. The molecule has 1 aromatic carbocycles. The third kappa shape index (κ3) is 4.68. The average molecular weight is 315 g/mol. The molecule has 1 atom stereocenters. The van der Waals surface area contributed by atoms with E-state index in [0.29, 0.717) is 6.07 Å². The molecule has 0 aliphatic heterocycles. The van der Waals surface area contributed by atoms with E-state index in [1.165, 1.54) is 6.92 Å². The van der Waals surface area contributed by atoms with Gasteiger partial charge in [-0.1, -0.05) is 0 Å². The molecule has 1 rings (SSSR count). The summed E-state index contributed by atoms with van der Waals surface area (Å²) in [5.41, 5.74) is 0.0819. The maximum absolute atomic E-state index is 13.5. The van der Waals surface area contributed by atoms with Crippen molar-refractivity contribution >= 4 is 22.4 Å².